The molecule has 31 heavy (non-hydrogen) atoms. The largest absolute Gasteiger partial charge is 0.481 e. The second kappa shape index (κ2) is 8.79. The quantitative estimate of drug-likeness (QED) is 0.606. The maximum absolute atomic E-state index is 12.3. The molecule has 0 radical (unpaired) electrons. The van der Waals surface area contributed by atoms with Crippen molar-refractivity contribution in [1.29, 1.82) is 0 Å². The van der Waals surface area contributed by atoms with Gasteiger partial charge in [0.15, 0.2) is 0 Å². The lowest BCUT2D eigenvalue weighted by Gasteiger charge is -2.17. The first kappa shape index (κ1) is 20.9. The highest BCUT2D eigenvalue weighted by Gasteiger charge is 2.43. The van der Waals surface area contributed by atoms with Gasteiger partial charge in [0.05, 0.1) is 5.92 Å². The van der Waals surface area contributed by atoms with Crippen LogP contribution in [-0.2, 0) is 14.3 Å². The Balaban J connectivity index is 1.24. The third kappa shape index (κ3) is 4.71. The SMILES string of the molecule is C[C@@H](CC(=O)NC[C@@H]1C[C@@H]1C(=O)O)NC(=O)OCC1c2ccccc2-c2ccccc21. The Bertz CT molecular complexity index is 959. The molecule has 7 heteroatoms. The van der Waals surface area contributed by atoms with Gasteiger partial charge in [0.1, 0.15) is 6.61 Å². The van der Waals surface area contributed by atoms with E-state index in [9.17, 15) is 14.4 Å². The highest BCUT2D eigenvalue weighted by molar-refractivity contribution is 5.80. The second-order valence-electron chi connectivity index (χ2n) is 8.32. The summed E-state index contributed by atoms with van der Waals surface area (Å²) in [5, 5.41) is 14.3. The molecule has 0 unspecified atom stereocenters. The number of carboxylic acid groups (broad SMARTS) is 1. The van der Waals surface area contributed by atoms with Crippen LogP contribution < -0.4 is 10.6 Å². The van der Waals surface area contributed by atoms with Crippen molar-refractivity contribution < 1.29 is 24.2 Å². The molecule has 2 aliphatic rings. The van der Waals surface area contributed by atoms with Gasteiger partial charge in [0, 0.05) is 24.9 Å². The van der Waals surface area contributed by atoms with Crippen LogP contribution in [0.15, 0.2) is 48.5 Å². The van der Waals surface area contributed by atoms with Crippen molar-refractivity contribution in [3.8, 4) is 11.1 Å². The highest BCUT2D eigenvalue weighted by Crippen LogP contribution is 2.44. The number of fused-ring (bicyclic) bond motifs is 3. The molecule has 3 N–H and O–H groups in total. The van der Waals surface area contributed by atoms with E-state index in [0.717, 1.165) is 22.3 Å². The lowest BCUT2D eigenvalue weighted by Crippen LogP contribution is -2.38. The number of aliphatic carboxylic acids is 1. The third-order valence-electron chi connectivity index (χ3n) is 6.00. The molecule has 1 fully saturated rings. The van der Waals surface area contributed by atoms with Gasteiger partial charge < -0.3 is 20.5 Å². The molecule has 162 valence electrons. The van der Waals surface area contributed by atoms with Crippen LogP contribution in [0.5, 0.6) is 0 Å². The molecule has 7 nitrogen and oxygen atoms in total. The first-order valence-corrected chi connectivity index (χ1v) is 10.5. The van der Waals surface area contributed by atoms with Crippen molar-refractivity contribution in [3.05, 3.63) is 59.7 Å². The van der Waals surface area contributed by atoms with Crippen LogP contribution >= 0.6 is 0 Å². The Morgan fingerprint density at radius 1 is 1.06 bits per heavy atom. The minimum Gasteiger partial charge on any atom is -0.481 e. The van der Waals surface area contributed by atoms with E-state index in [2.05, 4.69) is 34.9 Å². The first-order chi connectivity index (χ1) is 14.9. The number of rotatable bonds is 8. The zero-order chi connectivity index (χ0) is 22.0. The van der Waals surface area contributed by atoms with Crippen LogP contribution in [0.1, 0.15) is 36.8 Å². The maximum Gasteiger partial charge on any atom is 0.407 e. The van der Waals surface area contributed by atoms with E-state index in [1.54, 1.807) is 6.92 Å². The van der Waals surface area contributed by atoms with Crippen LogP contribution in [0.4, 0.5) is 4.79 Å². The number of carboxylic acids is 1. The smallest absolute Gasteiger partial charge is 0.407 e. The zero-order valence-corrected chi connectivity index (χ0v) is 17.3. The van der Waals surface area contributed by atoms with E-state index in [1.807, 2.05) is 24.3 Å². The van der Waals surface area contributed by atoms with Gasteiger partial charge in [-0.25, -0.2) is 4.79 Å². The van der Waals surface area contributed by atoms with Gasteiger partial charge in [-0.05, 0) is 41.5 Å². The molecule has 2 amide bonds. The summed E-state index contributed by atoms with van der Waals surface area (Å²) in [6, 6.07) is 15.9. The van der Waals surface area contributed by atoms with Gasteiger partial charge in [-0.1, -0.05) is 48.5 Å². The maximum atomic E-state index is 12.3. The minimum atomic E-state index is -0.815. The van der Waals surface area contributed by atoms with Gasteiger partial charge in [-0.15, -0.1) is 0 Å². The minimum absolute atomic E-state index is 0.00634. The summed E-state index contributed by atoms with van der Waals surface area (Å²) in [6.07, 6.45) is 0.146. The molecule has 0 spiro atoms. The predicted octanol–water partition coefficient (Wildman–Crippen LogP) is 3.14. The predicted molar refractivity (Wildman–Crippen MR) is 115 cm³/mol. The van der Waals surface area contributed by atoms with Gasteiger partial charge in [-0.2, -0.15) is 0 Å². The summed E-state index contributed by atoms with van der Waals surface area (Å²) >= 11 is 0. The summed E-state index contributed by atoms with van der Waals surface area (Å²) in [7, 11) is 0. The number of carbonyl (C=O) groups excluding carboxylic acids is 2. The van der Waals surface area contributed by atoms with E-state index in [-0.39, 0.29) is 36.7 Å². The number of amides is 2. The van der Waals surface area contributed by atoms with Gasteiger partial charge in [0.25, 0.3) is 0 Å². The Morgan fingerprint density at radius 2 is 1.68 bits per heavy atom. The Morgan fingerprint density at radius 3 is 2.26 bits per heavy atom. The zero-order valence-electron chi connectivity index (χ0n) is 17.3. The number of ether oxygens (including phenoxy) is 1. The van der Waals surface area contributed by atoms with E-state index in [0.29, 0.717) is 13.0 Å². The van der Waals surface area contributed by atoms with Crippen molar-refractivity contribution in [3.63, 3.8) is 0 Å². The van der Waals surface area contributed by atoms with Crippen LogP contribution in [0.2, 0.25) is 0 Å². The van der Waals surface area contributed by atoms with Crippen molar-refractivity contribution in [2.75, 3.05) is 13.2 Å². The van der Waals surface area contributed by atoms with E-state index in [4.69, 9.17) is 9.84 Å². The monoisotopic (exact) mass is 422 g/mol. The number of alkyl carbamates (subject to hydrolysis) is 1. The Kier molecular flexibility index (Phi) is 5.93. The van der Waals surface area contributed by atoms with Crippen molar-refractivity contribution in [2.45, 2.75) is 31.7 Å². The van der Waals surface area contributed by atoms with Crippen LogP contribution in [0.3, 0.4) is 0 Å². The molecule has 2 aromatic carbocycles. The summed E-state index contributed by atoms with van der Waals surface area (Å²) < 4.78 is 5.49. The van der Waals surface area contributed by atoms with Crippen molar-refractivity contribution in [1.82, 2.24) is 10.6 Å². The lowest BCUT2D eigenvalue weighted by molar-refractivity contribution is -0.139. The second-order valence-corrected chi connectivity index (χ2v) is 8.32. The standard InChI is InChI=1S/C24H26N2O5/c1-14(10-22(27)25-12-15-11-20(15)23(28)29)26-24(30)31-13-21-18-8-4-2-6-16(18)17-7-3-5-9-19(17)21/h2-9,14-15,20-21H,10-13H2,1H3,(H,25,27)(H,26,30)(H,28,29)/t14-,15-,20-/m0/s1. The fourth-order valence-electron chi connectivity index (χ4n) is 4.26. The summed E-state index contributed by atoms with van der Waals surface area (Å²) in [4.78, 5) is 35.1. The summed E-state index contributed by atoms with van der Waals surface area (Å²) in [5.41, 5.74) is 4.61. The van der Waals surface area contributed by atoms with Crippen LogP contribution in [0.25, 0.3) is 11.1 Å². The van der Waals surface area contributed by atoms with Crippen LogP contribution in [-0.4, -0.2) is 42.3 Å². The number of hydrogen-bond acceptors (Lipinski definition) is 4. The van der Waals surface area contributed by atoms with Crippen molar-refractivity contribution in [2.24, 2.45) is 11.8 Å². The molecule has 4 rings (SSSR count). The summed E-state index contributed by atoms with van der Waals surface area (Å²) in [5.74, 6) is -1.40. The molecule has 0 bridgehead atoms. The molecular formula is C24H26N2O5. The molecule has 2 aromatic rings. The third-order valence-corrected chi connectivity index (χ3v) is 6.00. The number of nitrogens with one attached hydrogen (secondary N) is 2. The lowest BCUT2D eigenvalue weighted by atomic mass is 9.98. The fourth-order valence-corrected chi connectivity index (χ4v) is 4.26. The Hall–Kier alpha value is -3.35. The molecule has 0 saturated heterocycles. The van der Waals surface area contributed by atoms with Gasteiger partial charge >= 0.3 is 12.1 Å². The van der Waals surface area contributed by atoms with Crippen LogP contribution in [0, 0.1) is 11.8 Å². The first-order valence-electron chi connectivity index (χ1n) is 10.5. The van der Waals surface area contributed by atoms with E-state index < -0.39 is 18.1 Å². The molecule has 2 aliphatic carbocycles. The highest BCUT2D eigenvalue weighted by atomic mass is 16.5. The van der Waals surface area contributed by atoms with Gasteiger partial charge in [0.2, 0.25) is 5.91 Å². The molecule has 0 heterocycles. The molecule has 0 aliphatic heterocycles. The average molecular weight is 422 g/mol. The number of hydrogen-bond donors (Lipinski definition) is 3. The van der Waals surface area contributed by atoms with E-state index >= 15 is 0 Å². The van der Waals surface area contributed by atoms with Gasteiger partial charge in [-0.3, -0.25) is 9.59 Å². The molecule has 3 atom stereocenters. The number of benzene rings is 2. The topological polar surface area (TPSA) is 105 Å². The fraction of sp³-hybridized carbons (Fsp3) is 0.375. The summed E-state index contributed by atoms with van der Waals surface area (Å²) in [6.45, 7) is 2.31. The van der Waals surface area contributed by atoms with E-state index in [1.165, 1.54) is 0 Å². The van der Waals surface area contributed by atoms with Crippen molar-refractivity contribution >= 4 is 18.0 Å². The Labute approximate surface area is 180 Å². The molecular weight excluding hydrogens is 396 g/mol. The normalized spacial score (nSPS) is 19.6. The average Bonchev–Trinajstić information content (AvgIpc) is 3.46. The molecule has 1 saturated carbocycles. The number of carbonyl (C=O) groups is 3. The molecule has 0 aromatic heterocycles.